The van der Waals surface area contributed by atoms with Crippen LogP contribution in [0.25, 0.3) is 11.1 Å². The smallest absolute Gasteiger partial charge is 0.264 e. The number of hydrogen-bond donors (Lipinski definition) is 1. The van der Waals surface area contributed by atoms with E-state index in [1.807, 2.05) is 36.4 Å². The SMILES string of the molecule is C[C@@H](Oc1ccccc1F)C(=O)N1CCNC(=O)[C@H]1Cc1ccc(-c2ccncc2)cc1. The van der Waals surface area contributed by atoms with Crippen molar-refractivity contribution in [2.24, 2.45) is 0 Å². The third kappa shape index (κ3) is 4.77. The molecule has 4 rings (SSSR count). The second-order valence-electron chi connectivity index (χ2n) is 7.67. The first kappa shape index (κ1) is 21.5. The van der Waals surface area contributed by atoms with Crippen LogP contribution < -0.4 is 10.1 Å². The first-order valence-corrected chi connectivity index (χ1v) is 10.5. The number of carbonyl (C=O) groups is 2. The van der Waals surface area contributed by atoms with Crippen molar-refractivity contribution in [2.75, 3.05) is 13.1 Å². The second-order valence-corrected chi connectivity index (χ2v) is 7.67. The molecule has 0 bridgehead atoms. The van der Waals surface area contributed by atoms with Gasteiger partial charge in [0.1, 0.15) is 6.04 Å². The molecule has 0 unspecified atom stereocenters. The number of benzene rings is 2. The summed E-state index contributed by atoms with van der Waals surface area (Å²) in [4.78, 5) is 31.3. The number of nitrogens with zero attached hydrogens (tertiary/aromatic N) is 2. The zero-order valence-electron chi connectivity index (χ0n) is 17.7. The van der Waals surface area contributed by atoms with Crippen LogP contribution in [0.2, 0.25) is 0 Å². The Balaban J connectivity index is 1.48. The Hall–Kier alpha value is -3.74. The summed E-state index contributed by atoms with van der Waals surface area (Å²) in [7, 11) is 0. The molecule has 0 saturated carbocycles. The van der Waals surface area contributed by atoms with Crippen LogP contribution in [0.4, 0.5) is 4.39 Å². The Morgan fingerprint density at radius 3 is 2.53 bits per heavy atom. The van der Waals surface area contributed by atoms with Crippen LogP contribution in [0, 0.1) is 5.82 Å². The monoisotopic (exact) mass is 433 g/mol. The van der Waals surface area contributed by atoms with Gasteiger partial charge < -0.3 is 15.0 Å². The minimum absolute atomic E-state index is 0.0121. The van der Waals surface area contributed by atoms with Crippen LogP contribution in [-0.2, 0) is 16.0 Å². The molecule has 0 spiro atoms. The molecular weight excluding hydrogens is 409 g/mol. The van der Waals surface area contributed by atoms with E-state index in [1.54, 1.807) is 31.5 Å². The summed E-state index contributed by atoms with van der Waals surface area (Å²) in [6, 6.07) is 17.0. The highest BCUT2D eigenvalue weighted by Crippen LogP contribution is 2.22. The fraction of sp³-hybridized carbons (Fsp3) is 0.240. The van der Waals surface area contributed by atoms with Gasteiger partial charge in [0.15, 0.2) is 17.7 Å². The summed E-state index contributed by atoms with van der Waals surface area (Å²) in [5, 5.41) is 2.83. The third-order valence-corrected chi connectivity index (χ3v) is 5.50. The summed E-state index contributed by atoms with van der Waals surface area (Å²) >= 11 is 0. The van der Waals surface area contributed by atoms with Crippen LogP contribution >= 0.6 is 0 Å². The lowest BCUT2D eigenvalue weighted by atomic mass is 9.99. The molecule has 0 aliphatic carbocycles. The number of ether oxygens (including phenoxy) is 1. The molecule has 164 valence electrons. The highest BCUT2D eigenvalue weighted by molar-refractivity contribution is 5.90. The Morgan fingerprint density at radius 1 is 1.12 bits per heavy atom. The predicted molar refractivity (Wildman–Crippen MR) is 118 cm³/mol. The molecule has 2 amide bonds. The molecule has 2 heterocycles. The van der Waals surface area contributed by atoms with Gasteiger partial charge in [-0.25, -0.2) is 4.39 Å². The van der Waals surface area contributed by atoms with Crippen molar-refractivity contribution in [3.8, 4) is 16.9 Å². The standard InChI is InChI=1S/C25H24FN3O3/c1-17(32-23-5-3-2-4-21(23)26)25(31)29-15-14-28-24(30)22(29)16-18-6-8-19(9-7-18)20-10-12-27-13-11-20/h2-13,17,22H,14-16H2,1H3,(H,28,30)/t17-,22-/m1/s1. The number of hydrogen-bond acceptors (Lipinski definition) is 4. The van der Waals surface area contributed by atoms with E-state index in [1.165, 1.54) is 17.0 Å². The highest BCUT2D eigenvalue weighted by atomic mass is 19.1. The van der Waals surface area contributed by atoms with Crippen LogP contribution in [0.15, 0.2) is 73.1 Å². The number of para-hydroxylation sites is 1. The van der Waals surface area contributed by atoms with Crippen molar-refractivity contribution in [2.45, 2.75) is 25.5 Å². The lowest BCUT2D eigenvalue weighted by molar-refractivity contribution is -0.148. The molecule has 6 nitrogen and oxygen atoms in total. The van der Waals surface area contributed by atoms with Crippen LogP contribution in [0.5, 0.6) is 5.75 Å². The van der Waals surface area contributed by atoms with Crippen molar-refractivity contribution < 1.29 is 18.7 Å². The van der Waals surface area contributed by atoms with Crippen LogP contribution in [0.1, 0.15) is 12.5 Å². The molecule has 1 aromatic heterocycles. The van der Waals surface area contributed by atoms with Gasteiger partial charge in [-0.15, -0.1) is 0 Å². The Morgan fingerprint density at radius 2 is 1.81 bits per heavy atom. The molecule has 1 fully saturated rings. The number of pyridine rings is 1. The van der Waals surface area contributed by atoms with Crippen molar-refractivity contribution in [1.29, 1.82) is 0 Å². The largest absolute Gasteiger partial charge is 0.478 e. The lowest BCUT2D eigenvalue weighted by Crippen LogP contribution is -2.60. The third-order valence-electron chi connectivity index (χ3n) is 5.50. The topological polar surface area (TPSA) is 71.5 Å². The molecule has 0 radical (unpaired) electrons. The molecule has 2 atom stereocenters. The Bertz CT molecular complexity index is 1090. The van der Waals surface area contributed by atoms with Crippen molar-refractivity contribution in [1.82, 2.24) is 15.2 Å². The molecule has 1 aliphatic rings. The maximum absolute atomic E-state index is 13.9. The summed E-state index contributed by atoms with van der Waals surface area (Å²) in [5.74, 6) is -1.07. The highest BCUT2D eigenvalue weighted by Gasteiger charge is 2.35. The van der Waals surface area contributed by atoms with Gasteiger partial charge in [-0.1, -0.05) is 36.4 Å². The van der Waals surface area contributed by atoms with E-state index in [9.17, 15) is 14.0 Å². The molecule has 1 saturated heterocycles. The maximum atomic E-state index is 13.9. The minimum Gasteiger partial charge on any atom is -0.478 e. The van der Waals surface area contributed by atoms with E-state index < -0.39 is 18.0 Å². The van der Waals surface area contributed by atoms with E-state index >= 15 is 0 Å². The summed E-state index contributed by atoms with van der Waals surface area (Å²) in [6.07, 6.45) is 2.93. The second kappa shape index (κ2) is 9.60. The van der Waals surface area contributed by atoms with Gasteiger partial charge in [0.2, 0.25) is 5.91 Å². The minimum atomic E-state index is -0.922. The van der Waals surface area contributed by atoms with E-state index in [2.05, 4.69) is 10.3 Å². The maximum Gasteiger partial charge on any atom is 0.264 e. The number of amides is 2. The number of nitrogens with one attached hydrogen (secondary N) is 1. The van der Waals surface area contributed by atoms with Gasteiger partial charge in [-0.05, 0) is 47.9 Å². The van der Waals surface area contributed by atoms with Crippen molar-refractivity contribution >= 4 is 11.8 Å². The average Bonchev–Trinajstić information content (AvgIpc) is 2.82. The Kier molecular flexibility index (Phi) is 6.44. The molecule has 1 aliphatic heterocycles. The van der Waals surface area contributed by atoms with Gasteiger partial charge in [-0.3, -0.25) is 14.6 Å². The summed E-state index contributed by atoms with van der Waals surface area (Å²) in [6.45, 7) is 2.31. The molecule has 3 aromatic rings. The summed E-state index contributed by atoms with van der Waals surface area (Å²) in [5.41, 5.74) is 3.03. The molecule has 7 heteroatoms. The van der Waals surface area contributed by atoms with Gasteiger partial charge in [0.25, 0.3) is 5.91 Å². The van der Waals surface area contributed by atoms with Crippen molar-refractivity contribution in [3.63, 3.8) is 0 Å². The first-order valence-electron chi connectivity index (χ1n) is 10.5. The van der Waals surface area contributed by atoms with Gasteiger partial charge >= 0.3 is 0 Å². The van der Waals surface area contributed by atoms with E-state index in [0.717, 1.165) is 16.7 Å². The quantitative estimate of drug-likeness (QED) is 0.648. The zero-order chi connectivity index (χ0) is 22.5. The normalized spacial score (nSPS) is 16.9. The number of halogens is 1. The van der Waals surface area contributed by atoms with Crippen LogP contribution in [-0.4, -0.2) is 46.9 Å². The van der Waals surface area contributed by atoms with E-state index in [0.29, 0.717) is 19.5 Å². The fourth-order valence-corrected chi connectivity index (χ4v) is 3.80. The van der Waals surface area contributed by atoms with Gasteiger partial charge in [-0.2, -0.15) is 0 Å². The molecular formula is C25H24FN3O3. The molecule has 2 aromatic carbocycles. The number of rotatable bonds is 6. The van der Waals surface area contributed by atoms with Gasteiger partial charge in [0.05, 0.1) is 0 Å². The zero-order valence-corrected chi connectivity index (χ0v) is 17.7. The molecule has 1 N–H and O–H groups in total. The first-order chi connectivity index (χ1) is 15.5. The number of aromatic nitrogens is 1. The number of carbonyl (C=O) groups excluding carboxylic acids is 2. The van der Waals surface area contributed by atoms with E-state index in [4.69, 9.17) is 4.74 Å². The van der Waals surface area contributed by atoms with Crippen molar-refractivity contribution in [3.05, 3.63) is 84.4 Å². The average molecular weight is 433 g/mol. The van der Waals surface area contributed by atoms with Crippen LogP contribution in [0.3, 0.4) is 0 Å². The fourth-order valence-electron chi connectivity index (χ4n) is 3.80. The Labute approximate surface area is 186 Å². The molecule has 32 heavy (non-hydrogen) atoms. The van der Waals surface area contributed by atoms with E-state index in [-0.39, 0.29) is 17.6 Å². The number of piperazine rings is 1. The predicted octanol–water partition coefficient (Wildman–Crippen LogP) is 3.22. The van der Waals surface area contributed by atoms with Gasteiger partial charge in [0, 0.05) is 31.9 Å². The summed E-state index contributed by atoms with van der Waals surface area (Å²) < 4.78 is 19.5. The lowest BCUT2D eigenvalue weighted by Gasteiger charge is -2.36.